The topological polar surface area (TPSA) is 84.7 Å². The summed E-state index contributed by atoms with van der Waals surface area (Å²) in [5.74, 6) is 0.604. The Labute approximate surface area is 228 Å². The molecule has 0 amide bonds. The fraction of sp³-hybridized carbons (Fsp3) is 0.429. The predicted octanol–water partition coefficient (Wildman–Crippen LogP) is 4.35. The normalized spacial score (nSPS) is 18.2. The molecule has 38 heavy (non-hydrogen) atoms. The first-order valence-electron chi connectivity index (χ1n) is 12.9. The summed E-state index contributed by atoms with van der Waals surface area (Å²) in [6.45, 7) is 6.44. The first-order chi connectivity index (χ1) is 18.1. The van der Waals surface area contributed by atoms with Crippen LogP contribution in [0.25, 0.3) is 5.69 Å². The number of nitrogens with zero attached hydrogens (tertiary/aromatic N) is 4. The third kappa shape index (κ3) is 5.90. The molecule has 2 aromatic carbocycles. The second-order valence-electron chi connectivity index (χ2n) is 10.9. The van der Waals surface area contributed by atoms with Crippen LogP contribution < -0.4 is 15.2 Å². The van der Waals surface area contributed by atoms with Gasteiger partial charge in [-0.2, -0.15) is 14.1 Å². The highest BCUT2D eigenvalue weighted by molar-refractivity contribution is 7.88. The van der Waals surface area contributed by atoms with Gasteiger partial charge in [-0.25, -0.2) is 8.42 Å². The van der Waals surface area contributed by atoms with Crippen LogP contribution in [0.5, 0.6) is 5.75 Å². The van der Waals surface area contributed by atoms with Crippen molar-refractivity contribution in [3.63, 3.8) is 0 Å². The molecule has 202 valence electrons. The summed E-state index contributed by atoms with van der Waals surface area (Å²) in [4.78, 5) is 15.6. The molecule has 1 aliphatic carbocycles. The monoisotopic (exact) mass is 556 g/mol. The van der Waals surface area contributed by atoms with Crippen molar-refractivity contribution >= 4 is 27.3 Å². The molecule has 5 rings (SSSR count). The average molecular weight is 557 g/mol. The Hall–Kier alpha value is -2.88. The molecule has 2 heterocycles. The van der Waals surface area contributed by atoms with Gasteiger partial charge in [0.1, 0.15) is 5.69 Å². The van der Waals surface area contributed by atoms with Gasteiger partial charge in [-0.1, -0.05) is 61.8 Å². The summed E-state index contributed by atoms with van der Waals surface area (Å²) < 4.78 is 35.1. The molecule has 1 saturated carbocycles. The van der Waals surface area contributed by atoms with E-state index in [4.69, 9.17) is 16.3 Å². The Bertz CT molecular complexity index is 1440. The van der Waals surface area contributed by atoms with Gasteiger partial charge < -0.3 is 9.64 Å². The van der Waals surface area contributed by atoms with Crippen molar-refractivity contribution in [3.8, 4) is 11.4 Å². The molecule has 0 N–H and O–H groups in total. The van der Waals surface area contributed by atoms with Crippen molar-refractivity contribution < 1.29 is 13.2 Å². The van der Waals surface area contributed by atoms with Crippen molar-refractivity contribution in [1.29, 1.82) is 0 Å². The van der Waals surface area contributed by atoms with Gasteiger partial charge in [0.05, 0.1) is 24.2 Å². The molecule has 0 radical (unpaired) electrons. The summed E-state index contributed by atoms with van der Waals surface area (Å²) in [5, 5.41) is 4.93. The van der Waals surface area contributed by atoms with Gasteiger partial charge >= 0.3 is 5.56 Å². The minimum absolute atomic E-state index is 0.0306. The average Bonchev–Trinajstić information content (AvgIpc) is 2.87. The second kappa shape index (κ2) is 10.7. The van der Waals surface area contributed by atoms with E-state index < -0.39 is 10.0 Å². The largest absolute Gasteiger partial charge is 0.486 e. The maximum Gasteiger partial charge on any atom is 0.316 e. The van der Waals surface area contributed by atoms with E-state index in [-0.39, 0.29) is 17.1 Å². The molecule has 2 fully saturated rings. The van der Waals surface area contributed by atoms with Crippen molar-refractivity contribution in [2.75, 3.05) is 37.7 Å². The number of rotatable bonds is 8. The van der Waals surface area contributed by atoms with Crippen LogP contribution in [0.15, 0.2) is 65.6 Å². The van der Waals surface area contributed by atoms with Crippen molar-refractivity contribution in [3.05, 3.63) is 81.7 Å². The van der Waals surface area contributed by atoms with E-state index >= 15 is 0 Å². The van der Waals surface area contributed by atoms with Gasteiger partial charge in [0, 0.05) is 31.2 Å². The number of hydrogen-bond donors (Lipinski definition) is 0. The lowest BCUT2D eigenvalue weighted by Crippen LogP contribution is -2.49. The number of halogens is 1. The Balaban J connectivity index is 1.36. The molecule has 1 saturated heterocycles. The van der Waals surface area contributed by atoms with Crippen LogP contribution in [-0.2, 0) is 15.8 Å². The number of piperazine rings is 1. The molecule has 0 unspecified atom stereocenters. The molecule has 0 bridgehead atoms. The van der Waals surface area contributed by atoms with Crippen LogP contribution >= 0.6 is 11.6 Å². The van der Waals surface area contributed by atoms with Crippen LogP contribution in [0.4, 0.5) is 5.69 Å². The van der Waals surface area contributed by atoms with E-state index in [0.29, 0.717) is 60.5 Å². The van der Waals surface area contributed by atoms with Crippen LogP contribution in [0.2, 0.25) is 5.02 Å². The molecule has 0 spiro atoms. The zero-order valence-electron chi connectivity index (χ0n) is 21.7. The van der Waals surface area contributed by atoms with Crippen molar-refractivity contribution in [1.82, 2.24) is 14.1 Å². The first kappa shape index (κ1) is 26.7. The van der Waals surface area contributed by atoms with Crippen molar-refractivity contribution in [2.24, 2.45) is 11.3 Å². The SMILES string of the molecule is CC1(C)CC(COc2c(N3CCN(S(=O)(=O)Cc4ccccc4)CC3)cnn(-c3cccc(Cl)c3)c2=O)C1. The molecule has 1 aliphatic heterocycles. The molecular formula is C28H33ClN4O4S. The van der Waals surface area contributed by atoms with E-state index in [9.17, 15) is 13.2 Å². The maximum atomic E-state index is 13.6. The Morgan fingerprint density at radius 2 is 1.74 bits per heavy atom. The Morgan fingerprint density at radius 1 is 1.03 bits per heavy atom. The molecule has 10 heteroatoms. The fourth-order valence-corrected chi connectivity index (χ4v) is 7.19. The lowest BCUT2D eigenvalue weighted by molar-refractivity contribution is 0.0546. The van der Waals surface area contributed by atoms with Gasteiger partial charge in [0.25, 0.3) is 0 Å². The van der Waals surface area contributed by atoms with Crippen LogP contribution in [-0.4, -0.2) is 55.3 Å². The van der Waals surface area contributed by atoms with Crippen molar-refractivity contribution in [2.45, 2.75) is 32.4 Å². The fourth-order valence-electron chi connectivity index (χ4n) is 5.49. The molecule has 8 nitrogen and oxygen atoms in total. The molecule has 0 atom stereocenters. The summed E-state index contributed by atoms with van der Waals surface area (Å²) in [6, 6.07) is 16.2. The van der Waals surface area contributed by atoms with Crippen LogP contribution in [0.1, 0.15) is 32.3 Å². The van der Waals surface area contributed by atoms with Gasteiger partial charge in [0.2, 0.25) is 15.8 Å². The minimum atomic E-state index is -3.45. The minimum Gasteiger partial charge on any atom is -0.486 e. The number of benzene rings is 2. The molecule has 1 aromatic heterocycles. The second-order valence-corrected chi connectivity index (χ2v) is 13.3. The van der Waals surface area contributed by atoms with E-state index in [1.165, 1.54) is 8.99 Å². The van der Waals surface area contributed by atoms with Gasteiger partial charge in [0.15, 0.2) is 0 Å². The van der Waals surface area contributed by atoms with Gasteiger partial charge in [-0.05, 0) is 47.9 Å². The maximum absolute atomic E-state index is 13.6. The van der Waals surface area contributed by atoms with E-state index in [2.05, 4.69) is 18.9 Å². The Kier molecular flexibility index (Phi) is 7.53. The molecular weight excluding hydrogens is 524 g/mol. The van der Waals surface area contributed by atoms with Gasteiger partial charge in [-0.15, -0.1) is 0 Å². The van der Waals surface area contributed by atoms with E-state index in [1.807, 2.05) is 35.2 Å². The third-order valence-corrected chi connectivity index (χ3v) is 9.36. The number of aromatic nitrogens is 2. The Morgan fingerprint density at radius 3 is 2.39 bits per heavy atom. The number of anilines is 1. The van der Waals surface area contributed by atoms with Gasteiger partial charge in [-0.3, -0.25) is 4.79 Å². The molecule has 2 aliphatic rings. The number of sulfonamides is 1. The van der Waals surface area contributed by atoms with Crippen LogP contribution in [0, 0.1) is 11.3 Å². The zero-order valence-corrected chi connectivity index (χ0v) is 23.3. The standard InChI is InChI=1S/C28H33ClN4O4S/c1-28(2)16-22(17-28)19-37-26-25(18-30-33(27(26)34)24-10-6-9-23(29)15-24)31-11-13-32(14-12-31)38(35,36)20-21-7-4-3-5-8-21/h3-10,15,18,22H,11-14,16-17,19-20H2,1-2H3. The number of ether oxygens (including phenoxy) is 1. The summed E-state index contributed by atoms with van der Waals surface area (Å²) in [7, 11) is -3.45. The highest BCUT2D eigenvalue weighted by Crippen LogP contribution is 2.45. The highest BCUT2D eigenvalue weighted by Gasteiger charge is 2.37. The number of hydrogen-bond acceptors (Lipinski definition) is 6. The highest BCUT2D eigenvalue weighted by atomic mass is 35.5. The summed E-state index contributed by atoms with van der Waals surface area (Å²) >= 11 is 6.16. The lowest BCUT2D eigenvalue weighted by Gasteiger charge is -2.42. The van der Waals surface area contributed by atoms with E-state index in [1.54, 1.807) is 30.5 Å². The smallest absolute Gasteiger partial charge is 0.316 e. The van der Waals surface area contributed by atoms with Crippen LogP contribution in [0.3, 0.4) is 0 Å². The quantitative estimate of drug-likeness (QED) is 0.410. The predicted molar refractivity (Wildman–Crippen MR) is 150 cm³/mol. The zero-order chi connectivity index (χ0) is 26.9. The summed E-state index contributed by atoms with van der Waals surface area (Å²) in [5.41, 5.74) is 1.85. The lowest BCUT2D eigenvalue weighted by atomic mass is 9.65. The summed E-state index contributed by atoms with van der Waals surface area (Å²) in [6.07, 6.45) is 3.73. The third-order valence-electron chi connectivity index (χ3n) is 7.28. The van der Waals surface area contributed by atoms with E-state index in [0.717, 1.165) is 18.4 Å². The molecule has 3 aromatic rings. The first-order valence-corrected chi connectivity index (χ1v) is 14.9.